The zero-order valence-electron chi connectivity index (χ0n) is 10.1. The molecule has 0 N–H and O–H groups in total. The first-order chi connectivity index (χ1) is 8.37. The molecule has 1 atom stereocenters. The fraction of sp³-hybridized carbons (Fsp3) is 0.700. The first-order valence-electron chi connectivity index (χ1n) is 5.56. The summed E-state index contributed by atoms with van der Waals surface area (Å²) < 4.78 is 12.6. The molecule has 18 heavy (non-hydrogen) atoms. The smallest absolute Gasteiger partial charge is 0.358 e. The van der Waals surface area contributed by atoms with Crippen molar-refractivity contribution < 1.29 is 14.4 Å². The van der Waals surface area contributed by atoms with Gasteiger partial charge in [-0.25, -0.2) is 0 Å². The molecule has 2 heterocycles. The van der Waals surface area contributed by atoms with Gasteiger partial charge < -0.3 is 19.6 Å². The summed E-state index contributed by atoms with van der Waals surface area (Å²) in [6.07, 6.45) is 1.96. The predicted molar refractivity (Wildman–Crippen MR) is 63.4 cm³/mol. The molecule has 1 fully saturated rings. The van der Waals surface area contributed by atoms with Gasteiger partial charge in [-0.3, -0.25) is 4.57 Å². The maximum atomic E-state index is 10.5. The van der Waals surface area contributed by atoms with Crippen LogP contribution in [0.1, 0.15) is 20.3 Å². The number of halogens is 1. The van der Waals surface area contributed by atoms with Gasteiger partial charge in [-0.2, -0.15) is 0 Å². The van der Waals surface area contributed by atoms with Crippen LogP contribution < -0.4 is 0 Å². The van der Waals surface area contributed by atoms with Crippen molar-refractivity contribution in [1.29, 1.82) is 0 Å². The van der Waals surface area contributed by atoms with Gasteiger partial charge in [-0.15, -0.1) is 0 Å². The summed E-state index contributed by atoms with van der Waals surface area (Å²) in [7, 11) is 0. The van der Waals surface area contributed by atoms with Crippen LogP contribution in [0.3, 0.4) is 0 Å². The quantitative estimate of drug-likeness (QED) is 0.620. The molecule has 0 aliphatic carbocycles. The highest BCUT2D eigenvalue weighted by molar-refractivity contribution is 6.28. The molecular formula is C10H14ClN3O4. The van der Waals surface area contributed by atoms with Gasteiger partial charge in [-0.1, -0.05) is 0 Å². The summed E-state index contributed by atoms with van der Waals surface area (Å²) in [6, 6.07) is 0. The second kappa shape index (κ2) is 4.83. The van der Waals surface area contributed by atoms with E-state index in [0.717, 1.165) is 0 Å². The van der Waals surface area contributed by atoms with E-state index >= 15 is 0 Å². The third-order valence-electron chi connectivity index (χ3n) is 2.66. The average molecular weight is 276 g/mol. The molecule has 2 rings (SSSR count). The van der Waals surface area contributed by atoms with Crippen LogP contribution in [0.15, 0.2) is 6.20 Å². The Kier molecular flexibility index (Phi) is 3.56. The summed E-state index contributed by atoms with van der Waals surface area (Å²) in [5.41, 5.74) is 0. The van der Waals surface area contributed by atoms with Crippen molar-refractivity contribution in [1.82, 2.24) is 9.55 Å². The van der Waals surface area contributed by atoms with Gasteiger partial charge >= 0.3 is 11.1 Å². The zero-order valence-corrected chi connectivity index (χ0v) is 10.9. The third-order valence-corrected chi connectivity index (χ3v) is 2.96. The summed E-state index contributed by atoms with van der Waals surface area (Å²) in [6.45, 7) is 4.72. The van der Waals surface area contributed by atoms with E-state index in [4.69, 9.17) is 21.1 Å². The number of nitro groups is 1. The van der Waals surface area contributed by atoms with Crippen LogP contribution in [-0.2, 0) is 16.0 Å². The fourth-order valence-electron chi connectivity index (χ4n) is 1.81. The Balaban J connectivity index is 1.93. The molecule has 0 amide bonds. The molecule has 100 valence electrons. The number of hydrogen-bond acceptors (Lipinski definition) is 5. The molecule has 0 saturated carbocycles. The Bertz CT molecular complexity index is 460. The van der Waals surface area contributed by atoms with E-state index in [2.05, 4.69) is 4.98 Å². The van der Waals surface area contributed by atoms with Crippen molar-refractivity contribution in [3.8, 4) is 0 Å². The Hall–Kier alpha value is -1.18. The van der Waals surface area contributed by atoms with Gasteiger partial charge in [0.2, 0.25) is 0 Å². The molecular weight excluding hydrogens is 262 g/mol. The minimum absolute atomic E-state index is 0.0301. The lowest BCUT2D eigenvalue weighted by molar-refractivity contribution is -0.389. The number of ether oxygens (including phenoxy) is 2. The molecule has 0 unspecified atom stereocenters. The highest BCUT2D eigenvalue weighted by atomic mass is 35.5. The molecule has 1 aromatic heterocycles. The minimum Gasteiger partial charge on any atom is -0.358 e. The van der Waals surface area contributed by atoms with Crippen molar-refractivity contribution in [2.75, 3.05) is 6.61 Å². The van der Waals surface area contributed by atoms with Crippen molar-refractivity contribution in [2.45, 2.75) is 38.7 Å². The van der Waals surface area contributed by atoms with Crippen molar-refractivity contribution >= 4 is 17.4 Å². The van der Waals surface area contributed by atoms with Crippen molar-refractivity contribution in [2.24, 2.45) is 0 Å². The van der Waals surface area contributed by atoms with E-state index in [1.54, 1.807) is 0 Å². The van der Waals surface area contributed by atoms with Gasteiger partial charge in [0.1, 0.15) is 6.20 Å². The highest BCUT2D eigenvalue weighted by Crippen LogP contribution is 2.25. The molecule has 0 aromatic carbocycles. The third kappa shape index (κ3) is 2.98. The second-order valence-electron chi connectivity index (χ2n) is 4.56. The van der Waals surface area contributed by atoms with Gasteiger partial charge in [0.05, 0.1) is 12.7 Å². The van der Waals surface area contributed by atoms with Crippen LogP contribution in [0.2, 0.25) is 5.28 Å². The van der Waals surface area contributed by atoms with Crippen LogP contribution in [0.5, 0.6) is 0 Å². The standard InChI is InChI=1S/C10H14ClN3O4/c1-10(2)17-6-7(18-10)3-4-13-5-8(14(15)16)12-9(13)11/h5,7H,3-4,6H2,1-2H3/t7-/m0/s1. The van der Waals surface area contributed by atoms with Gasteiger partial charge in [0.25, 0.3) is 0 Å². The van der Waals surface area contributed by atoms with E-state index in [0.29, 0.717) is 19.6 Å². The highest BCUT2D eigenvalue weighted by Gasteiger charge is 2.32. The largest absolute Gasteiger partial charge is 0.383 e. The number of rotatable bonds is 4. The van der Waals surface area contributed by atoms with E-state index in [1.165, 1.54) is 10.8 Å². The van der Waals surface area contributed by atoms with E-state index in [1.807, 2.05) is 13.8 Å². The molecule has 1 aliphatic heterocycles. The molecule has 0 radical (unpaired) electrons. The van der Waals surface area contributed by atoms with Crippen LogP contribution in [0, 0.1) is 10.1 Å². The molecule has 1 saturated heterocycles. The number of imidazole rings is 1. The normalized spacial score (nSPS) is 22.3. The number of nitrogens with zero attached hydrogens (tertiary/aromatic N) is 3. The molecule has 1 aromatic rings. The first-order valence-corrected chi connectivity index (χ1v) is 5.94. The molecule has 0 spiro atoms. The summed E-state index contributed by atoms with van der Waals surface area (Å²) in [5, 5.41) is 10.6. The summed E-state index contributed by atoms with van der Waals surface area (Å²) >= 11 is 5.81. The summed E-state index contributed by atoms with van der Waals surface area (Å²) in [5.74, 6) is -0.806. The van der Waals surface area contributed by atoms with Crippen LogP contribution >= 0.6 is 11.6 Å². The van der Waals surface area contributed by atoms with Gasteiger partial charge in [0, 0.05) is 6.54 Å². The Labute approximate surface area is 109 Å². The van der Waals surface area contributed by atoms with Gasteiger partial charge in [0.15, 0.2) is 5.79 Å². The fourth-order valence-corrected chi connectivity index (χ4v) is 2.03. The second-order valence-corrected chi connectivity index (χ2v) is 4.90. The first kappa shape index (κ1) is 13.3. The lowest BCUT2D eigenvalue weighted by Gasteiger charge is -2.16. The van der Waals surface area contributed by atoms with E-state index in [9.17, 15) is 10.1 Å². The zero-order chi connectivity index (χ0) is 13.3. The monoisotopic (exact) mass is 275 g/mol. The molecule has 8 heteroatoms. The van der Waals surface area contributed by atoms with E-state index in [-0.39, 0.29) is 17.2 Å². The molecule has 0 bridgehead atoms. The minimum atomic E-state index is -0.569. The lowest BCUT2D eigenvalue weighted by atomic mass is 10.2. The van der Waals surface area contributed by atoms with Crippen LogP contribution in [-0.4, -0.2) is 33.0 Å². The lowest BCUT2D eigenvalue weighted by Crippen LogP contribution is -2.22. The van der Waals surface area contributed by atoms with E-state index < -0.39 is 10.7 Å². The molecule has 1 aliphatic rings. The average Bonchev–Trinajstić information content (AvgIpc) is 2.79. The topological polar surface area (TPSA) is 79.4 Å². The predicted octanol–water partition coefficient (Wildman–Crippen LogP) is 1.99. The Morgan fingerprint density at radius 1 is 1.72 bits per heavy atom. The van der Waals surface area contributed by atoms with Gasteiger partial charge in [-0.05, 0) is 41.8 Å². The van der Waals surface area contributed by atoms with Crippen LogP contribution in [0.4, 0.5) is 5.82 Å². The van der Waals surface area contributed by atoms with Crippen LogP contribution in [0.25, 0.3) is 0 Å². The SMILES string of the molecule is CC1(C)OC[C@H](CCn2cc([N+](=O)[O-])nc2Cl)O1. The maximum Gasteiger partial charge on any atom is 0.383 e. The Morgan fingerprint density at radius 3 is 2.94 bits per heavy atom. The number of aryl methyl sites for hydroxylation is 1. The molecule has 7 nitrogen and oxygen atoms in total. The maximum absolute atomic E-state index is 10.5. The number of hydrogen-bond donors (Lipinski definition) is 0. The summed E-state index contributed by atoms with van der Waals surface area (Å²) in [4.78, 5) is 13.6. The Morgan fingerprint density at radius 2 is 2.44 bits per heavy atom. The number of aromatic nitrogens is 2. The van der Waals surface area contributed by atoms with Crippen molar-refractivity contribution in [3.05, 3.63) is 21.6 Å². The van der Waals surface area contributed by atoms with Crippen molar-refractivity contribution in [3.63, 3.8) is 0 Å².